The Kier molecular flexibility index (Phi) is 6.53. The van der Waals surface area contributed by atoms with E-state index in [-0.39, 0.29) is 17.9 Å². The van der Waals surface area contributed by atoms with E-state index in [0.717, 1.165) is 46.7 Å². The third-order valence-corrected chi connectivity index (χ3v) is 7.06. The topological polar surface area (TPSA) is 74.3 Å². The van der Waals surface area contributed by atoms with Gasteiger partial charge in [0, 0.05) is 30.9 Å². The van der Waals surface area contributed by atoms with Crippen molar-refractivity contribution in [3.8, 4) is 0 Å². The minimum absolute atomic E-state index is 0.0452. The van der Waals surface area contributed by atoms with Crippen LogP contribution in [0.2, 0.25) is 0 Å². The van der Waals surface area contributed by atoms with Crippen LogP contribution < -0.4 is 10.6 Å². The number of nitrogens with one attached hydrogen (secondary N) is 2. The van der Waals surface area contributed by atoms with Crippen molar-refractivity contribution in [1.29, 1.82) is 0 Å². The molecule has 1 unspecified atom stereocenters. The van der Waals surface area contributed by atoms with Crippen LogP contribution in [0.25, 0.3) is 10.2 Å². The van der Waals surface area contributed by atoms with Crippen molar-refractivity contribution in [1.82, 2.24) is 9.88 Å². The summed E-state index contributed by atoms with van der Waals surface area (Å²) in [6.45, 7) is 1.07. The Morgan fingerprint density at radius 2 is 1.65 bits per heavy atom. The fraction of sp³-hybridized carbons (Fsp3) is 0.222. The lowest BCUT2D eigenvalue weighted by molar-refractivity contribution is -0.121. The number of aromatic nitrogens is 1. The number of para-hydroxylation sites is 2. The SMILES string of the molecule is O=C(Nc1ccc(Cc2nc3ccccc3s2)cc1)C1CCCN(C(=O)Nc2ccccc2)C1. The Balaban J connectivity index is 1.16. The summed E-state index contributed by atoms with van der Waals surface area (Å²) >= 11 is 1.71. The molecule has 0 aliphatic carbocycles. The summed E-state index contributed by atoms with van der Waals surface area (Å²) < 4.78 is 1.19. The molecule has 34 heavy (non-hydrogen) atoms. The highest BCUT2D eigenvalue weighted by Crippen LogP contribution is 2.25. The van der Waals surface area contributed by atoms with Crippen LogP contribution in [0.3, 0.4) is 0 Å². The fourth-order valence-electron chi connectivity index (χ4n) is 4.22. The van der Waals surface area contributed by atoms with Crippen molar-refractivity contribution >= 4 is 44.9 Å². The summed E-state index contributed by atoms with van der Waals surface area (Å²) in [5, 5.41) is 7.01. The highest BCUT2D eigenvalue weighted by atomic mass is 32.1. The van der Waals surface area contributed by atoms with E-state index in [1.807, 2.05) is 72.8 Å². The van der Waals surface area contributed by atoms with Gasteiger partial charge < -0.3 is 15.5 Å². The van der Waals surface area contributed by atoms with Crippen LogP contribution in [0.4, 0.5) is 16.2 Å². The van der Waals surface area contributed by atoms with Gasteiger partial charge in [0.25, 0.3) is 0 Å². The molecule has 2 heterocycles. The molecule has 3 amide bonds. The molecule has 5 rings (SSSR count). The van der Waals surface area contributed by atoms with E-state index in [1.165, 1.54) is 4.70 Å². The molecule has 2 N–H and O–H groups in total. The Morgan fingerprint density at radius 1 is 0.912 bits per heavy atom. The van der Waals surface area contributed by atoms with E-state index in [9.17, 15) is 9.59 Å². The lowest BCUT2D eigenvalue weighted by Gasteiger charge is -2.32. The summed E-state index contributed by atoms with van der Waals surface area (Å²) in [6.07, 6.45) is 2.35. The standard InChI is InChI=1S/C27H26N4O2S/c32-26(20-7-6-16-31(18-20)27(33)29-21-8-2-1-3-9-21)28-22-14-12-19(13-15-22)17-25-30-23-10-4-5-11-24(23)34-25/h1-5,8-15,20H,6-7,16-18H2,(H,28,32)(H,29,33). The number of hydrogen-bond donors (Lipinski definition) is 2. The summed E-state index contributed by atoms with van der Waals surface area (Å²) in [7, 11) is 0. The Labute approximate surface area is 202 Å². The largest absolute Gasteiger partial charge is 0.326 e. The van der Waals surface area contributed by atoms with Gasteiger partial charge in [-0.1, -0.05) is 42.5 Å². The molecule has 1 aromatic heterocycles. The van der Waals surface area contributed by atoms with E-state index < -0.39 is 0 Å². The first-order valence-electron chi connectivity index (χ1n) is 11.5. The van der Waals surface area contributed by atoms with Gasteiger partial charge in [0.2, 0.25) is 5.91 Å². The first-order valence-corrected chi connectivity index (χ1v) is 12.3. The number of likely N-dealkylation sites (tertiary alicyclic amines) is 1. The molecule has 1 aliphatic rings. The number of amides is 3. The van der Waals surface area contributed by atoms with E-state index in [2.05, 4.69) is 16.7 Å². The van der Waals surface area contributed by atoms with Crippen LogP contribution in [-0.4, -0.2) is 34.9 Å². The zero-order valence-corrected chi connectivity index (χ0v) is 19.6. The second-order valence-electron chi connectivity index (χ2n) is 8.52. The number of anilines is 2. The molecule has 1 atom stereocenters. The predicted molar refractivity (Wildman–Crippen MR) is 137 cm³/mol. The number of urea groups is 1. The maximum atomic E-state index is 12.9. The van der Waals surface area contributed by atoms with Gasteiger partial charge in [-0.25, -0.2) is 9.78 Å². The Bertz CT molecular complexity index is 1250. The minimum atomic E-state index is -0.224. The number of hydrogen-bond acceptors (Lipinski definition) is 4. The first kappa shape index (κ1) is 22.1. The average molecular weight is 471 g/mol. The number of rotatable bonds is 5. The Hall–Kier alpha value is -3.71. The summed E-state index contributed by atoms with van der Waals surface area (Å²) in [4.78, 5) is 31.9. The number of carbonyl (C=O) groups excluding carboxylic acids is 2. The van der Waals surface area contributed by atoms with Crippen LogP contribution in [-0.2, 0) is 11.2 Å². The van der Waals surface area contributed by atoms with Crippen molar-refractivity contribution in [3.63, 3.8) is 0 Å². The van der Waals surface area contributed by atoms with Gasteiger partial charge in [0.1, 0.15) is 0 Å². The van der Waals surface area contributed by atoms with E-state index >= 15 is 0 Å². The second kappa shape index (κ2) is 10.1. The number of carbonyl (C=O) groups is 2. The lowest BCUT2D eigenvalue weighted by Crippen LogP contribution is -2.45. The molecule has 0 radical (unpaired) electrons. The second-order valence-corrected chi connectivity index (χ2v) is 9.63. The van der Waals surface area contributed by atoms with E-state index in [0.29, 0.717) is 13.1 Å². The first-order chi connectivity index (χ1) is 16.6. The molecule has 1 fully saturated rings. The normalized spacial score (nSPS) is 15.8. The molecule has 0 spiro atoms. The van der Waals surface area contributed by atoms with Gasteiger partial charge >= 0.3 is 6.03 Å². The molecule has 0 saturated carbocycles. The fourth-order valence-corrected chi connectivity index (χ4v) is 5.22. The van der Waals surface area contributed by atoms with Gasteiger partial charge in [-0.2, -0.15) is 0 Å². The highest BCUT2D eigenvalue weighted by molar-refractivity contribution is 7.18. The van der Waals surface area contributed by atoms with Gasteiger partial charge in [0.15, 0.2) is 0 Å². The van der Waals surface area contributed by atoms with Crippen LogP contribution in [0, 0.1) is 5.92 Å². The van der Waals surface area contributed by atoms with Crippen LogP contribution in [0.5, 0.6) is 0 Å². The van der Waals surface area contributed by atoms with Crippen LogP contribution >= 0.6 is 11.3 Å². The minimum Gasteiger partial charge on any atom is -0.326 e. The highest BCUT2D eigenvalue weighted by Gasteiger charge is 2.28. The molecule has 3 aromatic carbocycles. The molecule has 4 aromatic rings. The average Bonchev–Trinajstić information content (AvgIpc) is 3.28. The van der Waals surface area contributed by atoms with Gasteiger partial charge in [0.05, 0.1) is 21.1 Å². The van der Waals surface area contributed by atoms with Crippen molar-refractivity contribution in [2.45, 2.75) is 19.3 Å². The number of thiazole rings is 1. The number of benzene rings is 3. The van der Waals surface area contributed by atoms with Crippen molar-refractivity contribution < 1.29 is 9.59 Å². The summed E-state index contributed by atoms with van der Waals surface area (Å²) in [5.41, 5.74) is 3.71. The van der Waals surface area contributed by atoms with Crippen LogP contribution in [0.1, 0.15) is 23.4 Å². The molecular formula is C27H26N4O2S. The maximum absolute atomic E-state index is 12.9. The molecule has 0 bridgehead atoms. The molecule has 172 valence electrons. The third kappa shape index (κ3) is 5.26. The predicted octanol–water partition coefficient (Wildman–Crippen LogP) is 5.77. The Morgan fingerprint density at radius 3 is 2.44 bits per heavy atom. The summed E-state index contributed by atoms with van der Waals surface area (Å²) in [5.74, 6) is -0.270. The molecule has 6 nitrogen and oxygen atoms in total. The molecular weight excluding hydrogens is 444 g/mol. The van der Waals surface area contributed by atoms with Gasteiger partial charge in [-0.3, -0.25) is 4.79 Å². The monoisotopic (exact) mass is 470 g/mol. The summed E-state index contributed by atoms with van der Waals surface area (Å²) in [6, 6.07) is 25.3. The number of piperidine rings is 1. The molecule has 1 aliphatic heterocycles. The van der Waals surface area contributed by atoms with Crippen molar-refractivity contribution in [2.24, 2.45) is 5.92 Å². The zero-order valence-electron chi connectivity index (χ0n) is 18.7. The molecule has 1 saturated heterocycles. The van der Waals surface area contributed by atoms with Crippen molar-refractivity contribution in [2.75, 3.05) is 23.7 Å². The smallest absolute Gasteiger partial charge is 0.321 e. The van der Waals surface area contributed by atoms with Gasteiger partial charge in [-0.05, 0) is 54.8 Å². The van der Waals surface area contributed by atoms with Crippen molar-refractivity contribution in [3.05, 3.63) is 89.4 Å². The lowest BCUT2D eigenvalue weighted by atomic mass is 9.97. The number of fused-ring (bicyclic) bond motifs is 1. The third-order valence-electron chi connectivity index (χ3n) is 6.02. The van der Waals surface area contributed by atoms with Crippen LogP contribution in [0.15, 0.2) is 78.9 Å². The van der Waals surface area contributed by atoms with Gasteiger partial charge in [-0.15, -0.1) is 11.3 Å². The zero-order chi connectivity index (χ0) is 23.3. The van der Waals surface area contributed by atoms with E-state index in [1.54, 1.807) is 16.2 Å². The molecule has 7 heteroatoms. The number of nitrogens with zero attached hydrogens (tertiary/aromatic N) is 2. The quantitative estimate of drug-likeness (QED) is 0.389. The van der Waals surface area contributed by atoms with E-state index in [4.69, 9.17) is 4.98 Å². The maximum Gasteiger partial charge on any atom is 0.321 e.